The molecule has 3 heterocycles. The van der Waals surface area contributed by atoms with Gasteiger partial charge in [-0.1, -0.05) is 15.9 Å². The van der Waals surface area contributed by atoms with Crippen LogP contribution in [-0.4, -0.2) is 47.9 Å². The van der Waals surface area contributed by atoms with Crippen LogP contribution < -0.4 is 0 Å². The van der Waals surface area contributed by atoms with E-state index in [1.165, 1.54) is 25.9 Å². The van der Waals surface area contributed by atoms with E-state index in [2.05, 4.69) is 20.8 Å². The Bertz CT molecular complexity index is 706. The molecule has 2 aliphatic rings. The summed E-state index contributed by atoms with van der Waals surface area (Å²) in [5.41, 5.74) is 0.766. The molecule has 4 rings (SSSR count). The second-order valence-electron chi connectivity index (χ2n) is 6.23. The number of nitrogens with zero attached hydrogens (tertiary/aromatic N) is 2. The summed E-state index contributed by atoms with van der Waals surface area (Å²) in [6, 6.07) is 8.19. The summed E-state index contributed by atoms with van der Waals surface area (Å²) >= 11 is 3.45. The van der Waals surface area contributed by atoms with Crippen molar-refractivity contribution in [2.24, 2.45) is 0 Å². The van der Waals surface area contributed by atoms with Crippen LogP contribution >= 0.6 is 15.9 Å². The van der Waals surface area contributed by atoms with Gasteiger partial charge >= 0.3 is 0 Å². The van der Waals surface area contributed by atoms with Gasteiger partial charge in [-0.25, -0.2) is 0 Å². The van der Waals surface area contributed by atoms with E-state index in [4.69, 9.17) is 4.42 Å². The van der Waals surface area contributed by atoms with Gasteiger partial charge in [0, 0.05) is 29.0 Å². The summed E-state index contributed by atoms with van der Waals surface area (Å²) < 4.78 is 6.73. The fraction of sp³-hybridized carbons (Fsp3) is 0.471. The highest BCUT2D eigenvalue weighted by Crippen LogP contribution is 2.26. The molecule has 0 N–H and O–H groups in total. The van der Waals surface area contributed by atoms with Crippen molar-refractivity contribution in [2.45, 2.75) is 25.3 Å². The van der Waals surface area contributed by atoms with Crippen molar-refractivity contribution in [1.29, 1.82) is 0 Å². The van der Waals surface area contributed by atoms with Crippen LogP contribution in [0.4, 0.5) is 0 Å². The molecule has 0 radical (unpaired) electrons. The van der Waals surface area contributed by atoms with Crippen molar-refractivity contribution in [3.05, 3.63) is 34.5 Å². The SMILES string of the molecule is O=C(c1cc2cc(Br)ccc2o1)N1CCC(N2CCCC2)C1. The van der Waals surface area contributed by atoms with E-state index in [9.17, 15) is 4.79 Å². The molecule has 0 aliphatic carbocycles. The maximum absolute atomic E-state index is 12.7. The normalized spacial score (nSPS) is 22.8. The zero-order valence-electron chi connectivity index (χ0n) is 12.4. The molecule has 116 valence electrons. The van der Waals surface area contributed by atoms with Crippen LogP contribution in [0, 0.1) is 0 Å². The van der Waals surface area contributed by atoms with Gasteiger partial charge in [0.1, 0.15) is 5.58 Å². The molecule has 2 aliphatic heterocycles. The maximum atomic E-state index is 12.7. The summed E-state index contributed by atoms with van der Waals surface area (Å²) in [4.78, 5) is 17.1. The zero-order chi connectivity index (χ0) is 15.1. The lowest BCUT2D eigenvalue weighted by molar-refractivity contribution is 0.0751. The first-order valence-electron chi connectivity index (χ1n) is 7.93. The van der Waals surface area contributed by atoms with Crippen molar-refractivity contribution in [3.8, 4) is 0 Å². The first kappa shape index (κ1) is 14.3. The molecule has 0 spiro atoms. The van der Waals surface area contributed by atoms with Crippen LogP contribution in [0.3, 0.4) is 0 Å². The Morgan fingerprint density at radius 3 is 2.82 bits per heavy atom. The number of amides is 1. The zero-order valence-corrected chi connectivity index (χ0v) is 14.0. The molecule has 0 saturated carbocycles. The first-order chi connectivity index (χ1) is 10.7. The summed E-state index contributed by atoms with van der Waals surface area (Å²) in [5.74, 6) is 0.476. The van der Waals surface area contributed by atoms with Gasteiger partial charge in [0.2, 0.25) is 0 Å². The molecule has 4 nitrogen and oxygen atoms in total. The average molecular weight is 363 g/mol. The standard InChI is InChI=1S/C17H19BrN2O2/c18-13-3-4-15-12(9-13)10-16(22-15)17(21)20-8-5-14(11-20)19-6-1-2-7-19/h3-4,9-10,14H,1-2,5-8,11H2. The third kappa shape index (κ3) is 2.57. The van der Waals surface area contributed by atoms with Gasteiger partial charge < -0.3 is 9.32 Å². The quantitative estimate of drug-likeness (QED) is 0.820. The topological polar surface area (TPSA) is 36.7 Å². The minimum absolute atomic E-state index is 0.0222. The monoisotopic (exact) mass is 362 g/mol. The molecular formula is C17H19BrN2O2. The van der Waals surface area contributed by atoms with E-state index in [0.717, 1.165) is 35.0 Å². The van der Waals surface area contributed by atoms with E-state index < -0.39 is 0 Å². The fourth-order valence-corrected chi connectivity index (χ4v) is 3.99. The number of benzene rings is 1. The van der Waals surface area contributed by atoms with Gasteiger partial charge in [-0.2, -0.15) is 0 Å². The van der Waals surface area contributed by atoms with Crippen molar-refractivity contribution in [3.63, 3.8) is 0 Å². The Kier molecular flexibility index (Phi) is 3.70. The number of furan rings is 1. The molecule has 1 unspecified atom stereocenters. The lowest BCUT2D eigenvalue weighted by atomic mass is 10.2. The van der Waals surface area contributed by atoms with E-state index in [0.29, 0.717) is 11.8 Å². The highest BCUT2D eigenvalue weighted by Gasteiger charge is 2.32. The fourth-order valence-electron chi connectivity index (χ4n) is 3.61. The third-order valence-corrected chi connectivity index (χ3v) is 5.29. The van der Waals surface area contributed by atoms with E-state index in [-0.39, 0.29) is 5.91 Å². The molecule has 1 aromatic heterocycles. The first-order valence-corrected chi connectivity index (χ1v) is 8.72. The number of hydrogen-bond acceptors (Lipinski definition) is 3. The largest absolute Gasteiger partial charge is 0.451 e. The molecule has 1 amide bonds. The minimum Gasteiger partial charge on any atom is -0.451 e. The Morgan fingerprint density at radius 2 is 2.00 bits per heavy atom. The molecule has 2 aromatic rings. The predicted molar refractivity (Wildman–Crippen MR) is 89.0 cm³/mol. The highest BCUT2D eigenvalue weighted by atomic mass is 79.9. The van der Waals surface area contributed by atoms with Crippen LogP contribution in [-0.2, 0) is 0 Å². The molecule has 2 saturated heterocycles. The summed E-state index contributed by atoms with van der Waals surface area (Å²) in [6.45, 7) is 4.04. The van der Waals surface area contributed by atoms with Crippen LogP contribution in [0.2, 0.25) is 0 Å². The Labute approximate surface area is 138 Å². The number of likely N-dealkylation sites (tertiary alicyclic amines) is 2. The van der Waals surface area contributed by atoms with Crippen LogP contribution in [0.25, 0.3) is 11.0 Å². The van der Waals surface area contributed by atoms with Gasteiger partial charge in [0.15, 0.2) is 5.76 Å². The van der Waals surface area contributed by atoms with Crippen molar-refractivity contribution in [2.75, 3.05) is 26.2 Å². The maximum Gasteiger partial charge on any atom is 0.289 e. The number of carbonyl (C=O) groups is 1. The van der Waals surface area contributed by atoms with E-state index in [1.807, 2.05) is 29.2 Å². The van der Waals surface area contributed by atoms with Gasteiger partial charge in [0.25, 0.3) is 5.91 Å². The summed E-state index contributed by atoms with van der Waals surface area (Å²) in [5, 5.41) is 0.966. The summed E-state index contributed by atoms with van der Waals surface area (Å²) in [7, 11) is 0. The van der Waals surface area contributed by atoms with E-state index in [1.54, 1.807) is 0 Å². The lowest BCUT2D eigenvalue weighted by Crippen LogP contribution is -2.37. The van der Waals surface area contributed by atoms with Gasteiger partial charge in [0.05, 0.1) is 0 Å². The molecule has 22 heavy (non-hydrogen) atoms. The second-order valence-corrected chi connectivity index (χ2v) is 7.15. The number of hydrogen-bond donors (Lipinski definition) is 0. The second kappa shape index (κ2) is 5.70. The van der Waals surface area contributed by atoms with Crippen LogP contribution in [0.15, 0.2) is 33.2 Å². The van der Waals surface area contributed by atoms with Gasteiger partial charge in [-0.15, -0.1) is 0 Å². The molecule has 2 fully saturated rings. The van der Waals surface area contributed by atoms with Crippen LogP contribution in [0.1, 0.15) is 29.8 Å². The van der Waals surface area contributed by atoms with Gasteiger partial charge in [-0.3, -0.25) is 9.69 Å². The Hall–Kier alpha value is -1.33. The third-order valence-electron chi connectivity index (χ3n) is 4.80. The predicted octanol–water partition coefficient (Wildman–Crippen LogP) is 3.51. The highest BCUT2D eigenvalue weighted by molar-refractivity contribution is 9.10. The average Bonchev–Trinajstić information content (AvgIpc) is 3.24. The number of carbonyl (C=O) groups excluding carboxylic acids is 1. The van der Waals surface area contributed by atoms with Crippen molar-refractivity contribution in [1.82, 2.24) is 9.80 Å². The molecule has 5 heteroatoms. The van der Waals surface area contributed by atoms with Crippen molar-refractivity contribution >= 4 is 32.8 Å². The number of halogens is 1. The number of rotatable bonds is 2. The molecule has 1 aromatic carbocycles. The molecular weight excluding hydrogens is 344 g/mol. The van der Waals surface area contributed by atoms with Crippen LogP contribution in [0.5, 0.6) is 0 Å². The van der Waals surface area contributed by atoms with Crippen molar-refractivity contribution < 1.29 is 9.21 Å². The molecule has 0 bridgehead atoms. The molecule has 1 atom stereocenters. The van der Waals surface area contributed by atoms with E-state index >= 15 is 0 Å². The smallest absolute Gasteiger partial charge is 0.289 e. The summed E-state index contributed by atoms with van der Waals surface area (Å²) in [6.07, 6.45) is 3.67. The number of fused-ring (bicyclic) bond motifs is 1. The van der Waals surface area contributed by atoms with Gasteiger partial charge in [-0.05, 0) is 56.6 Å². The Balaban J connectivity index is 1.51. The minimum atomic E-state index is 0.0222. The Morgan fingerprint density at radius 1 is 1.18 bits per heavy atom. The lowest BCUT2D eigenvalue weighted by Gasteiger charge is -2.23.